The third kappa shape index (κ3) is 2.52. The molecule has 0 N–H and O–H groups in total. The molecule has 1 aromatic carbocycles. The van der Waals surface area contributed by atoms with Gasteiger partial charge in [0.05, 0.1) is 12.6 Å². The summed E-state index contributed by atoms with van der Waals surface area (Å²) in [5, 5.41) is 0.867. The maximum Gasteiger partial charge on any atom is 0.273 e. The molecule has 2 aliphatic rings. The summed E-state index contributed by atoms with van der Waals surface area (Å²) < 4.78 is 5.44. The lowest BCUT2D eigenvalue weighted by molar-refractivity contribution is -0.141. The van der Waals surface area contributed by atoms with Gasteiger partial charge in [0.15, 0.2) is 0 Å². The van der Waals surface area contributed by atoms with Crippen LogP contribution < -0.4 is 4.74 Å². The number of methoxy groups -OCH3 is 1. The zero-order valence-electron chi connectivity index (χ0n) is 14.4. The Morgan fingerprint density at radius 1 is 1.32 bits per heavy atom. The number of carbonyl (C=O) groups is 2. The summed E-state index contributed by atoms with van der Waals surface area (Å²) in [6, 6.07) is 8.91. The number of fused-ring (bicyclic) bond motifs is 2. The predicted molar refractivity (Wildman–Crippen MR) is 93.5 cm³/mol. The van der Waals surface area contributed by atoms with E-state index in [1.807, 2.05) is 29.2 Å². The molecule has 0 saturated carbocycles. The molecule has 0 aliphatic carbocycles. The van der Waals surface area contributed by atoms with Crippen molar-refractivity contribution in [3.8, 4) is 5.75 Å². The minimum atomic E-state index is -0.457. The second kappa shape index (κ2) is 6.02. The first-order valence-corrected chi connectivity index (χ1v) is 8.65. The van der Waals surface area contributed by atoms with Crippen molar-refractivity contribution in [2.45, 2.75) is 31.8 Å². The number of piperazine rings is 1. The van der Waals surface area contributed by atoms with E-state index in [4.69, 9.17) is 4.74 Å². The van der Waals surface area contributed by atoms with Crippen LogP contribution in [0.5, 0.6) is 5.75 Å². The highest BCUT2D eigenvalue weighted by molar-refractivity contribution is 5.99. The van der Waals surface area contributed by atoms with Gasteiger partial charge < -0.3 is 14.5 Å². The smallest absolute Gasteiger partial charge is 0.273 e. The summed E-state index contributed by atoms with van der Waals surface area (Å²) in [4.78, 5) is 33.8. The Hall–Kier alpha value is -2.63. The molecule has 4 rings (SSSR count). The number of hydrogen-bond acceptors (Lipinski definition) is 4. The Bertz CT molecular complexity index is 851. The average Bonchev–Trinajstić information content (AvgIpc) is 3.12. The molecule has 130 valence electrons. The Kier molecular flexibility index (Phi) is 3.82. The minimum absolute atomic E-state index is 0.0369. The van der Waals surface area contributed by atoms with E-state index >= 15 is 0 Å². The van der Waals surface area contributed by atoms with Crippen molar-refractivity contribution in [3.05, 3.63) is 36.0 Å². The first kappa shape index (κ1) is 15.9. The van der Waals surface area contributed by atoms with Gasteiger partial charge in [0, 0.05) is 30.6 Å². The van der Waals surface area contributed by atoms with Crippen LogP contribution >= 0.6 is 0 Å². The molecule has 3 heterocycles. The quantitative estimate of drug-likeness (QED) is 0.840. The van der Waals surface area contributed by atoms with Crippen molar-refractivity contribution in [1.29, 1.82) is 0 Å². The Labute approximate surface area is 146 Å². The molecule has 1 aromatic heterocycles. The highest BCUT2D eigenvalue weighted by Crippen LogP contribution is 2.29. The molecule has 6 heteroatoms. The lowest BCUT2D eigenvalue weighted by Crippen LogP contribution is -2.60. The Morgan fingerprint density at radius 2 is 2.12 bits per heavy atom. The molecule has 2 aromatic rings. The highest BCUT2D eigenvalue weighted by atomic mass is 16.5. The summed E-state index contributed by atoms with van der Waals surface area (Å²) >= 11 is 0. The van der Waals surface area contributed by atoms with Gasteiger partial charge >= 0.3 is 0 Å². The lowest BCUT2D eigenvalue weighted by Gasteiger charge is -2.41. The maximum atomic E-state index is 13.1. The van der Waals surface area contributed by atoms with Crippen LogP contribution in [0.2, 0.25) is 0 Å². The molecule has 2 amide bonds. The summed E-state index contributed by atoms with van der Waals surface area (Å²) in [6.45, 7) is 3.17. The number of hydrogen-bond donors (Lipinski definition) is 0. The molecule has 0 spiro atoms. The molecule has 2 fully saturated rings. The van der Waals surface area contributed by atoms with E-state index in [0.29, 0.717) is 23.5 Å². The van der Waals surface area contributed by atoms with E-state index in [1.165, 1.54) is 0 Å². The first-order valence-electron chi connectivity index (χ1n) is 8.65. The zero-order chi connectivity index (χ0) is 17.6. The number of carbonyl (C=O) groups excluding carboxylic acids is 2. The van der Waals surface area contributed by atoms with Gasteiger partial charge in [-0.3, -0.25) is 9.59 Å². The van der Waals surface area contributed by atoms with Crippen molar-refractivity contribution >= 4 is 22.7 Å². The minimum Gasteiger partial charge on any atom is -0.496 e. The number of aromatic nitrogens is 1. The van der Waals surface area contributed by atoms with Crippen LogP contribution in [0.25, 0.3) is 10.9 Å². The summed E-state index contributed by atoms with van der Waals surface area (Å²) in [6.07, 6.45) is 1.96. The van der Waals surface area contributed by atoms with Gasteiger partial charge in [0.2, 0.25) is 5.91 Å². The summed E-state index contributed by atoms with van der Waals surface area (Å²) in [7, 11) is 1.58. The van der Waals surface area contributed by atoms with E-state index in [9.17, 15) is 9.59 Å². The van der Waals surface area contributed by atoms with Gasteiger partial charge in [-0.25, -0.2) is 4.98 Å². The highest BCUT2D eigenvalue weighted by Gasteiger charge is 2.42. The molecule has 2 atom stereocenters. The van der Waals surface area contributed by atoms with E-state index in [2.05, 4.69) is 4.98 Å². The van der Waals surface area contributed by atoms with Crippen molar-refractivity contribution in [3.63, 3.8) is 0 Å². The zero-order valence-corrected chi connectivity index (χ0v) is 14.4. The largest absolute Gasteiger partial charge is 0.496 e. The predicted octanol–water partition coefficient (Wildman–Crippen LogP) is 2.08. The van der Waals surface area contributed by atoms with Crippen molar-refractivity contribution in [2.75, 3.05) is 20.2 Å². The molecule has 6 nitrogen and oxygen atoms in total. The second-order valence-corrected chi connectivity index (χ2v) is 6.69. The number of rotatable bonds is 2. The third-order valence-corrected chi connectivity index (χ3v) is 5.27. The van der Waals surface area contributed by atoms with Crippen molar-refractivity contribution in [2.24, 2.45) is 0 Å². The number of amides is 2. The lowest BCUT2D eigenvalue weighted by atomic mass is 10.1. The average molecular weight is 339 g/mol. The third-order valence-electron chi connectivity index (χ3n) is 5.27. The van der Waals surface area contributed by atoms with Gasteiger partial charge in [0.1, 0.15) is 17.5 Å². The maximum absolute atomic E-state index is 13.1. The van der Waals surface area contributed by atoms with Crippen LogP contribution in [-0.4, -0.2) is 58.9 Å². The van der Waals surface area contributed by atoms with Crippen LogP contribution in [-0.2, 0) is 4.79 Å². The summed E-state index contributed by atoms with van der Waals surface area (Å²) in [5.74, 6) is 0.443. The molecule has 0 bridgehead atoms. The van der Waals surface area contributed by atoms with Crippen LogP contribution in [0.1, 0.15) is 30.3 Å². The number of benzene rings is 1. The van der Waals surface area contributed by atoms with E-state index in [1.54, 1.807) is 25.0 Å². The number of para-hydroxylation sites is 1. The molecular weight excluding hydrogens is 318 g/mol. The molecule has 2 aliphatic heterocycles. The van der Waals surface area contributed by atoms with E-state index in [0.717, 1.165) is 24.8 Å². The normalized spacial score (nSPS) is 23.0. The Balaban J connectivity index is 1.71. The number of nitrogens with zero attached hydrogens (tertiary/aromatic N) is 3. The number of ether oxygens (including phenoxy) is 1. The molecule has 2 unspecified atom stereocenters. The monoisotopic (exact) mass is 339 g/mol. The first-order chi connectivity index (χ1) is 12.1. The number of pyridine rings is 1. The van der Waals surface area contributed by atoms with Gasteiger partial charge in [-0.2, -0.15) is 0 Å². The van der Waals surface area contributed by atoms with Gasteiger partial charge in [-0.05, 0) is 31.9 Å². The Morgan fingerprint density at radius 3 is 2.92 bits per heavy atom. The van der Waals surface area contributed by atoms with Crippen molar-refractivity contribution < 1.29 is 14.3 Å². The standard InChI is InChI=1S/C19H21N3O3/c1-12-18(23)21-9-5-6-13(21)11-22(12)19(24)16-10-17(25-2)14-7-3-4-8-15(14)20-16/h3-4,7-8,10,12-13H,5-6,9,11H2,1-2H3. The van der Waals surface area contributed by atoms with Gasteiger partial charge in [-0.15, -0.1) is 0 Å². The van der Waals surface area contributed by atoms with Crippen LogP contribution in [0.3, 0.4) is 0 Å². The fourth-order valence-electron chi connectivity index (χ4n) is 3.90. The van der Waals surface area contributed by atoms with Gasteiger partial charge in [0.25, 0.3) is 5.91 Å². The van der Waals surface area contributed by atoms with E-state index in [-0.39, 0.29) is 17.9 Å². The summed E-state index contributed by atoms with van der Waals surface area (Å²) in [5.41, 5.74) is 1.03. The fourth-order valence-corrected chi connectivity index (χ4v) is 3.90. The fraction of sp³-hybridized carbons (Fsp3) is 0.421. The molecule has 0 radical (unpaired) electrons. The van der Waals surface area contributed by atoms with Gasteiger partial charge in [-0.1, -0.05) is 12.1 Å². The van der Waals surface area contributed by atoms with Crippen LogP contribution in [0.15, 0.2) is 30.3 Å². The molecule has 2 saturated heterocycles. The molecular formula is C19H21N3O3. The van der Waals surface area contributed by atoms with Crippen LogP contribution in [0.4, 0.5) is 0 Å². The topological polar surface area (TPSA) is 62.7 Å². The molecule has 25 heavy (non-hydrogen) atoms. The van der Waals surface area contributed by atoms with E-state index < -0.39 is 6.04 Å². The van der Waals surface area contributed by atoms with Crippen molar-refractivity contribution in [1.82, 2.24) is 14.8 Å². The van der Waals surface area contributed by atoms with Crippen LogP contribution in [0, 0.1) is 0 Å². The SMILES string of the molecule is COc1cc(C(=O)N2CC3CCCN3C(=O)C2C)nc2ccccc12. The second-order valence-electron chi connectivity index (χ2n) is 6.69.